The number of carbonyl (C=O) groups is 1. The van der Waals surface area contributed by atoms with Crippen molar-refractivity contribution in [2.75, 3.05) is 6.54 Å². The van der Waals surface area contributed by atoms with Gasteiger partial charge in [-0.3, -0.25) is 4.79 Å². The Morgan fingerprint density at radius 1 is 1.22 bits per heavy atom. The predicted octanol–water partition coefficient (Wildman–Crippen LogP) is 1.62. The fourth-order valence-corrected chi connectivity index (χ4v) is 3.21. The number of amides is 1. The second-order valence-electron chi connectivity index (χ2n) is 5.61. The highest BCUT2D eigenvalue weighted by atomic mass is 35.5. The molecule has 1 rings (SSSR count). The molecule has 0 radical (unpaired) electrons. The molecule has 0 aliphatic carbocycles. The molecule has 8 heteroatoms. The van der Waals surface area contributed by atoms with Crippen LogP contribution < -0.4 is 16.2 Å². The molecule has 1 aromatic carbocycles. The molecule has 5 N–H and O–H groups in total. The summed E-state index contributed by atoms with van der Waals surface area (Å²) >= 11 is 0. The molecule has 0 saturated heterocycles. The quantitative estimate of drug-likeness (QED) is 0.712. The summed E-state index contributed by atoms with van der Waals surface area (Å²) in [5.41, 5.74) is 6.81. The molecule has 6 nitrogen and oxygen atoms in total. The van der Waals surface area contributed by atoms with Gasteiger partial charge in [-0.25, -0.2) is 13.6 Å². The van der Waals surface area contributed by atoms with Crippen LogP contribution in [0.1, 0.15) is 48.2 Å². The summed E-state index contributed by atoms with van der Waals surface area (Å²) in [6.45, 7) is 7.63. The van der Waals surface area contributed by atoms with Crippen molar-refractivity contribution in [2.45, 2.75) is 51.0 Å². The minimum atomic E-state index is -3.88. The third-order valence-corrected chi connectivity index (χ3v) is 5.35. The Labute approximate surface area is 144 Å². The van der Waals surface area contributed by atoms with E-state index in [0.29, 0.717) is 30.5 Å². The first-order valence-electron chi connectivity index (χ1n) is 7.27. The topological polar surface area (TPSA) is 115 Å². The summed E-state index contributed by atoms with van der Waals surface area (Å²) in [7, 11) is -3.88. The SMILES string of the molecule is CCC(CC)(CN)NC(=O)c1cc(C)c(C)c(S(N)(=O)=O)c1.Cl. The largest absolute Gasteiger partial charge is 0.345 e. The van der Waals surface area contributed by atoms with E-state index in [1.165, 1.54) is 6.07 Å². The molecule has 1 aromatic rings. The van der Waals surface area contributed by atoms with Gasteiger partial charge in [0.05, 0.1) is 10.4 Å². The van der Waals surface area contributed by atoms with E-state index >= 15 is 0 Å². The van der Waals surface area contributed by atoms with Gasteiger partial charge in [-0.05, 0) is 49.9 Å². The molecule has 0 saturated carbocycles. The number of benzene rings is 1. The van der Waals surface area contributed by atoms with E-state index in [0.717, 1.165) is 0 Å². The van der Waals surface area contributed by atoms with Gasteiger partial charge in [0.1, 0.15) is 0 Å². The maximum atomic E-state index is 12.5. The van der Waals surface area contributed by atoms with Crippen LogP contribution in [0, 0.1) is 13.8 Å². The van der Waals surface area contributed by atoms with Crippen LogP contribution in [0.25, 0.3) is 0 Å². The number of nitrogens with two attached hydrogens (primary N) is 2. The molecule has 23 heavy (non-hydrogen) atoms. The summed E-state index contributed by atoms with van der Waals surface area (Å²) < 4.78 is 23.3. The van der Waals surface area contributed by atoms with Gasteiger partial charge >= 0.3 is 0 Å². The molecule has 0 aliphatic rings. The molecule has 0 atom stereocenters. The Bertz CT molecular complexity index is 663. The van der Waals surface area contributed by atoms with Gasteiger partial charge < -0.3 is 11.1 Å². The van der Waals surface area contributed by atoms with E-state index in [9.17, 15) is 13.2 Å². The Hall–Kier alpha value is -1.15. The molecule has 0 spiro atoms. The number of aryl methyl sites for hydroxylation is 1. The fourth-order valence-electron chi connectivity index (χ4n) is 2.33. The van der Waals surface area contributed by atoms with Crippen LogP contribution in [0.2, 0.25) is 0 Å². The van der Waals surface area contributed by atoms with Gasteiger partial charge in [0, 0.05) is 12.1 Å². The second kappa shape index (κ2) is 8.10. The molecule has 132 valence electrons. The highest BCUT2D eigenvalue weighted by Crippen LogP contribution is 2.21. The number of hydrogen-bond acceptors (Lipinski definition) is 4. The van der Waals surface area contributed by atoms with Gasteiger partial charge in [-0.1, -0.05) is 13.8 Å². The number of hydrogen-bond donors (Lipinski definition) is 3. The van der Waals surface area contributed by atoms with Crippen molar-refractivity contribution in [2.24, 2.45) is 10.9 Å². The maximum Gasteiger partial charge on any atom is 0.251 e. The Kier molecular flexibility index (Phi) is 7.69. The first kappa shape index (κ1) is 21.9. The average molecular weight is 364 g/mol. The highest BCUT2D eigenvalue weighted by Gasteiger charge is 2.27. The molecular weight excluding hydrogens is 338 g/mol. The lowest BCUT2D eigenvalue weighted by Crippen LogP contribution is -2.52. The highest BCUT2D eigenvalue weighted by molar-refractivity contribution is 7.89. The number of sulfonamides is 1. The van der Waals surface area contributed by atoms with Gasteiger partial charge in [0.15, 0.2) is 0 Å². The molecule has 0 fully saturated rings. The third kappa shape index (κ3) is 4.91. The molecule has 0 aliphatic heterocycles. The molecule has 1 amide bonds. The van der Waals surface area contributed by atoms with E-state index in [4.69, 9.17) is 10.9 Å². The molecule has 0 heterocycles. The number of carbonyl (C=O) groups excluding carboxylic acids is 1. The van der Waals surface area contributed by atoms with E-state index in [-0.39, 0.29) is 28.8 Å². The zero-order chi connectivity index (χ0) is 17.1. The zero-order valence-electron chi connectivity index (χ0n) is 14.0. The molecule has 0 unspecified atom stereocenters. The normalized spacial score (nSPS) is 11.7. The van der Waals surface area contributed by atoms with E-state index < -0.39 is 15.6 Å². The standard InChI is InChI=1S/C15H25N3O3S.ClH/c1-5-15(6-2,9-16)18-14(19)12-7-10(3)11(4)13(8-12)22(17,20)21;/h7-8H,5-6,9,16H2,1-4H3,(H,18,19)(H2,17,20,21);1H. The lowest BCUT2D eigenvalue weighted by molar-refractivity contribution is 0.0895. The van der Waals surface area contributed by atoms with Crippen LogP contribution in [0.3, 0.4) is 0 Å². The lowest BCUT2D eigenvalue weighted by Gasteiger charge is -2.31. The van der Waals surface area contributed by atoms with E-state index in [1.54, 1.807) is 19.9 Å². The summed E-state index contributed by atoms with van der Waals surface area (Å²) in [6.07, 6.45) is 1.39. The number of halogens is 1. The van der Waals surface area contributed by atoms with Crippen LogP contribution in [0.15, 0.2) is 17.0 Å². The predicted molar refractivity (Wildman–Crippen MR) is 94.4 cm³/mol. The zero-order valence-corrected chi connectivity index (χ0v) is 15.6. The maximum absolute atomic E-state index is 12.5. The molecule has 0 bridgehead atoms. The van der Waals surface area contributed by atoms with Crippen molar-refractivity contribution in [1.29, 1.82) is 0 Å². The van der Waals surface area contributed by atoms with Crippen LogP contribution in [0.5, 0.6) is 0 Å². The number of nitrogens with one attached hydrogen (secondary N) is 1. The van der Waals surface area contributed by atoms with Gasteiger partial charge in [-0.2, -0.15) is 0 Å². The van der Waals surface area contributed by atoms with Crippen molar-refractivity contribution in [1.82, 2.24) is 5.32 Å². The van der Waals surface area contributed by atoms with Crippen LogP contribution in [-0.2, 0) is 10.0 Å². The van der Waals surface area contributed by atoms with E-state index in [1.807, 2.05) is 13.8 Å². The number of primary sulfonamides is 1. The summed E-state index contributed by atoms with van der Waals surface area (Å²) in [5, 5.41) is 8.14. The third-order valence-electron chi connectivity index (χ3n) is 4.31. The Morgan fingerprint density at radius 3 is 2.13 bits per heavy atom. The molecular formula is C15H26ClN3O3S. The van der Waals surface area contributed by atoms with Crippen LogP contribution in [-0.4, -0.2) is 26.4 Å². The lowest BCUT2D eigenvalue weighted by atomic mass is 9.92. The first-order chi connectivity index (χ1) is 10.1. The molecule has 0 aromatic heterocycles. The number of rotatable bonds is 6. The van der Waals surface area contributed by atoms with Gasteiger partial charge in [0.2, 0.25) is 10.0 Å². The van der Waals surface area contributed by atoms with Crippen molar-refractivity contribution in [3.8, 4) is 0 Å². The van der Waals surface area contributed by atoms with Crippen molar-refractivity contribution >= 4 is 28.3 Å². The second-order valence-corrected chi connectivity index (χ2v) is 7.14. The van der Waals surface area contributed by atoms with Crippen molar-refractivity contribution in [3.05, 3.63) is 28.8 Å². The monoisotopic (exact) mass is 363 g/mol. The fraction of sp³-hybridized carbons (Fsp3) is 0.533. The minimum absolute atomic E-state index is 0. The smallest absolute Gasteiger partial charge is 0.251 e. The van der Waals surface area contributed by atoms with Crippen molar-refractivity contribution < 1.29 is 13.2 Å². The summed E-state index contributed by atoms with van der Waals surface area (Å²) in [5.74, 6) is -0.345. The minimum Gasteiger partial charge on any atom is -0.345 e. The summed E-state index contributed by atoms with van der Waals surface area (Å²) in [6, 6.07) is 2.98. The van der Waals surface area contributed by atoms with Gasteiger partial charge in [0.25, 0.3) is 5.91 Å². The van der Waals surface area contributed by atoms with Gasteiger partial charge in [-0.15, -0.1) is 12.4 Å². The van der Waals surface area contributed by atoms with Crippen LogP contribution in [0.4, 0.5) is 0 Å². The van der Waals surface area contributed by atoms with Crippen molar-refractivity contribution in [3.63, 3.8) is 0 Å². The average Bonchev–Trinajstić information content (AvgIpc) is 2.46. The Balaban J connectivity index is 0.00000484. The summed E-state index contributed by atoms with van der Waals surface area (Å²) in [4.78, 5) is 12.5. The van der Waals surface area contributed by atoms with E-state index in [2.05, 4.69) is 5.32 Å². The van der Waals surface area contributed by atoms with Crippen LogP contribution >= 0.6 is 12.4 Å². The Morgan fingerprint density at radius 2 is 1.74 bits per heavy atom. The first-order valence-corrected chi connectivity index (χ1v) is 8.81.